The monoisotopic (exact) mass is 447 g/mol. The molecule has 7 rings (SSSR count). The van der Waals surface area contributed by atoms with Gasteiger partial charge in [-0.1, -0.05) is 48.4 Å². The minimum Gasteiger partial charge on any atom is -0.341 e. The zero-order valence-corrected chi connectivity index (χ0v) is 20.0. The van der Waals surface area contributed by atoms with E-state index in [1.165, 1.54) is 85.3 Å². The van der Waals surface area contributed by atoms with Crippen molar-refractivity contribution >= 4 is 22.3 Å². The van der Waals surface area contributed by atoms with Crippen molar-refractivity contribution in [3.63, 3.8) is 0 Å². The van der Waals surface area contributed by atoms with Crippen LogP contribution < -0.4 is 4.90 Å². The lowest BCUT2D eigenvalue weighted by molar-refractivity contribution is 0.227. The third-order valence-corrected chi connectivity index (χ3v) is 8.83. The molecule has 3 aromatic rings. The predicted molar refractivity (Wildman–Crippen MR) is 141 cm³/mol. The zero-order valence-electron chi connectivity index (χ0n) is 20.0. The molecule has 0 spiro atoms. The number of piperidine rings is 1. The summed E-state index contributed by atoms with van der Waals surface area (Å²) in [6.45, 7) is 2.16. The molecule has 3 nitrogen and oxygen atoms in total. The number of allylic oxidation sites excluding steroid dienone is 4. The molecule has 0 amide bonds. The van der Waals surface area contributed by atoms with Crippen molar-refractivity contribution in [3.8, 4) is 11.1 Å². The second kappa shape index (κ2) is 8.37. The van der Waals surface area contributed by atoms with Crippen molar-refractivity contribution in [1.82, 2.24) is 9.97 Å². The first-order valence-corrected chi connectivity index (χ1v) is 13.4. The van der Waals surface area contributed by atoms with E-state index in [0.717, 1.165) is 36.4 Å². The fourth-order valence-electron chi connectivity index (χ4n) is 6.74. The SMILES string of the molecule is C1=CC2=C(CC1)C(C1CCC1)Cc1c2ccc2cc(-c3cnc(N4CCCCC4)nc3)ccc12. The molecule has 4 aliphatic rings. The molecule has 0 radical (unpaired) electrons. The van der Waals surface area contributed by atoms with E-state index in [1.54, 1.807) is 11.1 Å². The number of nitrogens with zero attached hydrogens (tertiary/aromatic N) is 3. The highest BCUT2D eigenvalue weighted by molar-refractivity contribution is 5.96. The molecular weight excluding hydrogens is 414 g/mol. The van der Waals surface area contributed by atoms with Crippen LogP contribution in [0, 0.1) is 11.8 Å². The molecule has 2 fully saturated rings. The van der Waals surface area contributed by atoms with E-state index in [1.807, 2.05) is 12.4 Å². The van der Waals surface area contributed by atoms with Gasteiger partial charge in [-0.05, 0) is 102 Å². The topological polar surface area (TPSA) is 29.0 Å². The Kier molecular flexibility index (Phi) is 5.03. The molecule has 0 N–H and O–H groups in total. The Hall–Kier alpha value is -2.94. The Labute approximate surface area is 202 Å². The summed E-state index contributed by atoms with van der Waals surface area (Å²) in [5.41, 5.74) is 8.66. The van der Waals surface area contributed by atoms with E-state index in [4.69, 9.17) is 9.97 Å². The highest BCUT2D eigenvalue weighted by Gasteiger charge is 2.35. The smallest absolute Gasteiger partial charge is 0.225 e. The van der Waals surface area contributed by atoms with Crippen LogP contribution in [0.25, 0.3) is 27.5 Å². The molecule has 1 saturated carbocycles. The average Bonchev–Trinajstić information content (AvgIpc) is 2.88. The Morgan fingerprint density at radius 3 is 2.50 bits per heavy atom. The van der Waals surface area contributed by atoms with E-state index in [9.17, 15) is 0 Å². The van der Waals surface area contributed by atoms with Crippen LogP contribution in [0.4, 0.5) is 5.95 Å². The molecule has 3 heteroatoms. The molecule has 1 unspecified atom stereocenters. The summed E-state index contributed by atoms with van der Waals surface area (Å²) < 4.78 is 0. The molecule has 3 aliphatic carbocycles. The Morgan fingerprint density at radius 1 is 0.853 bits per heavy atom. The molecule has 1 atom stereocenters. The van der Waals surface area contributed by atoms with Gasteiger partial charge in [0.1, 0.15) is 0 Å². The Bertz CT molecular complexity index is 1290. The van der Waals surface area contributed by atoms with Crippen LogP contribution in [0.2, 0.25) is 0 Å². The van der Waals surface area contributed by atoms with Gasteiger partial charge in [0.05, 0.1) is 0 Å². The van der Waals surface area contributed by atoms with Crippen molar-refractivity contribution in [3.05, 3.63) is 71.6 Å². The molecule has 1 saturated heterocycles. The standard InChI is InChI=1S/C31H33N3/c1-4-15-34(16-5-1)31-32-19-24(20-33-31)22-11-13-25-23(17-22)12-14-28-26-9-2-3-10-27(26)29(18-30(25)28)21-7-6-8-21/h2,9,11-14,17,19-21,29H,1,3-8,10,15-16,18H2. The van der Waals surface area contributed by atoms with Crippen molar-refractivity contribution in [1.29, 1.82) is 0 Å². The highest BCUT2D eigenvalue weighted by Crippen LogP contribution is 2.49. The summed E-state index contributed by atoms with van der Waals surface area (Å²) in [5, 5.41) is 2.77. The average molecular weight is 448 g/mol. The van der Waals surface area contributed by atoms with Gasteiger partial charge in [-0.25, -0.2) is 9.97 Å². The van der Waals surface area contributed by atoms with Crippen molar-refractivity contribution in [2.75, 3.05) is 18.0 Å². The minimum absolute atomic E-state index is 0.752. The van der Waals surface area contributed by atoms with E-state index in [2.05, 4.69) is 47.4 Å². The summed E-state index contributed by atoms with van der Waals surface area (Å²) in [4.78, 5) is 11.8. The number of anilines is 1. The number of hydrogen-bond donors (Lipinski definition) is 0. The van der Waals surface area contributed by atoms with Gasteiger partial charge in [-0.15, -0.1) is 0 Å². The third-order valence-electron chi connectivity index (χ3n) is 8.83. The maximum absolute atomic E-state index is 4.72. The fraction of sp³-hybridized carbons (Fsp3) is 0.419. The minimum atomic E-state index is 0.752. The second-order valence-corrected chi connectivity index (χ2v) is 10.7. The van der Waals surface area contributed by atoms with Gasteiger partial charge >= 0.3 is 0 Å². The molecule has 1 aromatic heterocycles. The van der Waals surface area contributed by atoms with E-state index >= 15 is 0 Å². The summed E-state index contributed by atoms with van der Waals surface area (Å²) in [7, 11) is 0. The van der Waals surface area contributed by atoms with Crippen LogP contribution >= 0.6 is 0 Å². The summed E-state index contributed by atoms with van der Waals surface area (Å²) in [6, 6.07) is 11.7. The van der Waals surface area contributed by atoms with Crippen LogP contribution in [-0.4, -0.2) is 23.1 Å². The Morgan fingerprint density at radius 2 is 1.71 bits per heavy atom. The largest absolute Gasteiger partial charge is 0.341 e. The molecule has 0 bridgehead atoms. The summed E-state index contributed by atoms with van der Waals surface area (Å²) in [6.07, 6.45) is 20.6. The van der Waals surface area contributed by atoms with Crippen molar-refractivity contribution < 1.29 is 0 Å². The van der Waals surface area contributed by atoms with Gasteiger partial charge in [-0.3, -0.25) is 0 Å². The predicted octanol–water partition coefficient (Wildman–Crippen LogP) is 7.36. The number of fused-ring (bicyclic) bond motifs is 4. The first-order chi connectivity index (χ1) is 16.8. The summed E-state index contributed by atoms with van der Waals surface area (Å²) in [5.74, 6) is 2.53. The number of benzene rings is 2. The normalized spacial score (nSPS) is 22.5. The number of hydrogen-bond acceptors (Lipinski definition) is 3. The van der Waals surface area contributed by atoms with Crippen LogP contribution in [0.15, 0.2) is 60.5 Å². The van der Waals surface area contributed by atoms with Crippen LogP contribution in [0.3, 0.4) is 0 Å². The maximum atomic E-state index is 4.72. The molecule has 1 aliphatic heterocycles. The lowest BCUT2D eigenvalue weighted by Gasteiger charge is -2.40. The van der Waals surface area contributed by atoms with Gasteiger partial charge < -0.3 is 4.90 Å². The maximum Gasteiger partial charge on any atom is 0.225 e. The lowest BCUT2D eigenvalue weighted by Crippen LogP contribution is -2.30. The molecule has 2 heterocycles. The quantitative estimate of drug-likeness (QED) is 0.420. The lowest BCUT2D eigenvalue weighted by atomic mass is 9.64. The van der Waals surface area contributed by atoms with E-state index in [0.29, 0.717) is 0 Å². The first-order valence-electron chi connectivity index (χ1n) is 13.4. The third kappa shape index (κ3) is 3.40. The first kappa shape index (κ1) is 20.4. The zero-order chi connectivity index (χ0) is 22.5. The fourth-order valence-corrected chi connectivity index (χ4v) is 6.74. The van der Waals surface area contributed by atoms with Crippen LogP contribution in [0.5, 0.6) is 0 Å². The highest BCUT2D eigenvalue weighted by atomic mass is 15.2. The van der Waals surface area contributed by atoms with Gasteiger partial charge in [-0.2, -0.15) is 0 Å². The van der Waals surface area contributed by atoms with Crippen molar-refractivity contribution in [2.24, 2.45) is 11.8 Å². The van der Waals surface area contributed by atoms with Gasteiger partial charge in [0.25, 0.3) is 0 Å². The molecule has 172 valence electrons. The van der Waals surface area contributed by atoms with Crippen molar-refractivity contribution in [2.45, 2.75) is 57.8 Å². The molecular formula is C31H33N3. The van der Waals surface area contributed by atoms with Gasteiger partial charge in [0.15, 0.2) is 0 Å². The Balaban J connectivity index is 1.24. The second-order valence-electron chi connectivity index (χ2n) is 10.7. The van der Waals surface area contributed by atoms with Crippen LogP contribution in [-0.2, 0) is 6.42 Å². The number of aromatic nitrogens is 2. The summed E-state index contributed by atoms with van der Waals surface area (Å²) >= 11 is 0. The van der Waals surface area contributed by atoms with Gasteiger partial charge in [0, 0.05) is 31.0 Å². The number of rotatable bonds is 3. The van der Waals surface area contributed by atoms with Crippen LogP contribution in [0.1, 0.15) is 62.5 Å². The van der Waals surface area contributed by atoms with E-state index < -0.39 is 0 Å². The molecule has 2 aromatic carbocycles. The van der Waals surface area contributed by atoms with E-state index in [-0.39, 0.29) is 0 Å². The van der Waals surface area contributed by atoms with Gasteiger partial charge in [0.2, 0.25) is 5.95 Å². The molecule has 34 heavy (non-hydrogen) atoms.